The number of nitrogens with zero attached hydrogens (tertiary/aromatic N) is 1. The van der Waals surface area contributed by atoms with Gasteiger partial charge in [-0.3, -0.25) is 9.59 Å². The molecule has 0 saturated carbocycles. The summed E-state index contributed by atoms with van der Waals surface area (Å²) in [7, 11) is 0. The van der Waals surface area contributed by atoms with E-state index in [0.29, 0.717) is 16.3 Å². The van der Waals surface area contributed by atoms with Gasteiger partial charge in [0, 0.05) is 12.1 Å². The molecule has 1 amide bonds. The van der Waals surface area contributed by atoms with Crippen LogP contribution in [0, 0.1) is 12.8 Å². The fourth-order valence-corrected chi connectivity index (χ4v) is 4.48. The minimum atomic E-state index is -0.793. The Morgan fingerprint density at radius 2 is 2.21 bits per heavy atom. The molecule has 1 aromatic heterocycles. The van der Waals surface area contributed by atoms with Crippen molar-refractivity contribution in [3.63, 3.8) is 0 Å². The molecule has 1 N–H and O–H groups in total. The predicted octanol–water partition coefficient (Wildman–Crippen LogP) is 2.79. The molecule has 19 heavy (non-hydrogen) atoms. The lowest BCUT2D eigenvalue weighted by atomic mass is 9.89. The number of halogens is 1. The van der Waals surface area contributed by atoms with Crippen LogP contribution in [-0.2, 0) is 4.79 Å². The number of carboxylic acids is 1. The number of fused-ring (bicyclic) bond motifs is 2. The highest BCUT2D eigenvalue weighted by molar-refractivity contribution is 7.13. The molecule has 3 rings (SSSR count). The van der Waals surface area contributed by atoms with Crippen LogP contribution < -0.4 is 0 Å². The van der Waals surface area contributed by atoms with Crippen LogP contribution in [0.2, 0.25) is 5.02 Å². The Hall–Kier alpha value is -1.07. The van der Waals surface area contributed by atoms with E-state index < -0.39 is 11.9 Å². The zero-order valence-electron chi connectivity index (χ0n) is 10.4. The minimum absolute atomic E-state index is 0.0667. The molecule has 102 valence electrons. The van der Waals surface area contributed by atoms with Crippen LogP contribution in [0.4, 0.5) is 0 Å². The first-order chi connectivity index (χ1) is 9.00. The molecule has 0 aromatic carbocycles. The lowest BCUT2D eigenvalue weighted by molar-refractivity contribution is -0.142. The zero-order valence-corrected chi connectivity index (χ0v) is 12.0. The smallest absolute Gasteiger partial charge is 0.308 e. The fourth-order valence-electron chi connectivity index (χ4n) is 3.26. The summed E-state index contributed by atoms with van der Waals surface area (Å²) in [5, 5.41) is 11.6. The van der Waals surface area contributed by atoms with Crippen LogP contribution in [0.5, 0.6) is 0 Å². The molecule has 3 unspecified atom stereocenters. The van der Waals surface area contributed by atoms with Gasteiger partial charge in [0.05, 0.1) is 10.9 Å². The van der Waals surface area contributed by atoms with Gasteiger partial charge in [-0.15, -0.1) is 11.3 Å². The molecule has 2 bridgehead atoms. The van der Waals surface area contributed by atoms with Crippen molar-refractivity contribution < 1.29 is 14.7 Å². The van der Waals surface area contributed by atoms with E-state index in [1.165, 1.54) is 11.3 Å². The molecule has 0 spiro atoms. The van der Waals surface area contributed by atoms with Crippen molar-refractivity contribution in [3.8, 4) is 0 Å². The van der Waals surface area contributed by atoms with Crippen LogP contribution in [0.25, 0.3) is 0 Å². The second-order valence-electron chi connectivity index (χ2n) is 5.25. The third-order valence-electron chi connectivity index (χ3n) is 4.18. The van der Waals surface area contributed by atoms with Gasteiger partial charge in [-0.2, -0.15) is 0 Å². The monoisotopic (exact) mass is 299 g/mol. The molecule has 0 aliphatic carbocycles. The third kappa shape index (κ3) is 1.87. The fraction of sp³-hybridized carbons (Fsp3) is 0.538. The van der Waals surface area contributed by atoms with Crippen molar-refractivity contribution in [2.75, 3.05) is 0 Å². The van der Waals surface area contributed by atoms with Gasteiger partial charge in [-0.1, -0.05) is 11.6 Å². The maximum Gasteiger partial charge on any atom is 0.308 e. The van der Waals surface area contributed by atoms with Crippen LogP contribution in [0.1, 0.15) is 34.5 Å². The summed E-state index contributed by atoms with van der Waals surface area (Å²) in [5.74, 6) is -1.31. The average Bonchev–Trinajstić information content (AvgIpc) is 3.03. The molecule has 0 radical (unpaired) electrons. The first-order valence-corrected chi connectivity index (χ1v) is 7.55. The number of carbonyl (C=O) groups excluding carboxylic acids is 1. The minimum Gasteiger partial charge on any atom is -0.481 e. The maximum atomic E-state index is 12.6. The molecule has 1 aromatic rings. The van der Waals surface area contributed by atoms with Gasteiger partial charge in [0.2, 0.25) is 0 Å². The molecule has 2 saturated heterocycles. The van der Waals surface area contributed by atoms with E-state index in [4.69, 9.17) is 11.6 Å². The summed E-state index contributed by atoms with van der Waals surface area (Å²) in [6, 6.07) is -0.0921. The Labute approximate surface area is 120 Å². The highest BCUT2D eigenvalue weighted by Crippen LogP contribution is 2.43. The summed E-state index contributed by atoms with van der Waals surface area (Å²) in [6.45, 7) is 1.87. The highest BCUT2D eigenvalue weighted by atomic mass is 35.5. The van der Waals surface area contributed by atoms with E-state index >= 15 is 0 Å². The molecule has 4 nitrogen and oxygen atoms in total. The number of amides is 1. The Balaban J connectivity index is 1.89. The zero-order chi connectivity index (χ0) is 13.7. The maximum absolute atomic E-state index is 12.6. The second-order valence-corrected chi connectivity index (χ2v) is 6.51. The van der Waals surface area contributed by atoms with Crippen molar-refractivity contribution in [2.45, 2.75) is 38.3 Å². The van der Waals surface area contributed by atoms with Crippen LogP contribution >= 0.6 is 22.9 Å². The first kappa shape index (κ1) is 12.9. The van der Waals surface area contributed by atoms with Gasteiger partial charge in [-0.25, -0.2) is 0 Å². The topological polar surface area (TPSA) is 57.6 Å². The summed E-state index contributed by atoms with van der Waals surface area (Å²) in [6.07, 6.45) is 2.27. The SMILES string of the molecule is Cc1csc(C(=O)N2C3CCC2C(C(=O)O)C3)c1Cl. The molecule has 3 heterocycles. The lowest BCUT2D eigenvalue weighted by Crippen LogP contribution is -2.37. The van der Waals surface area contributed by atoms with Gasteiger partial charge in [0.1, 0.15) is 4.88 Å². The van der Waals surface area contributed by atoms with Gasteiger partial charge < -0.3 is 10.0 Å². The van der Waals surface area contributed by atoms with Gasteiger partial charge in [0.25, 0.3) is 5.91 Å². The predicted molar refractivity (Wildman–Crippen MR) is 72.8 cm³/mol. The molecular formula is C13H14ClNO3S. The van der Waals surface area contributed by atoms with E-state index in [-0.39, 0.29) is 18.0 Å². The van der Waals surface area contributed by atoms with Gasteiger partial charge >= 0.3 is 5.97 Å². The van der Waals surface area contributed by atoms with E-state index in [1.807, 2.05) is 12.3 Å². The molecule has 2 aliphatic heterocycles. The normalized spacial score (nSPS) is 28.9. The number of rotatable bonds is 2. The highest BCUT2D eigenvalue weighted by Gasteiger charge is 2.51. The second kappa shape index (κ2) is 4.49. The summed E-state index contributed by atoms with van der Waals surface area (Å²) >= 11 is 7.49. The first-order valence-electron chi connectivity index (χ1n) is 6.29. The molecular weight excluding hydrogens is 286 g/mol. The van der Waals surface area contributed by atoms with Crippen molar-refractivity contribution in [3.05, 3.63) is 20.8 Å². The molecule has 2 fully saturated rings. The summed E-state index contributed by atoms with van der Waals surface area (Å²) < 4.78 is 0. The third-order valence-corrected chi connectivity index (χ3v) is 5.87. The summed E-state index contributed by atoms with van der Waals surface area (Å²) in [4.78, 5) is 26.1. The Morgan fingerprint density at radius 3 is 2.74 bits per heavy atom. The Kier molecular flexibility index (Phi) is 3.06. The molecule has 6 heteroatoms. The van der Waals surface area contributed by atoms with Crippen molar-refractivity contribution >= 4 is 34.8 Å². The number of hydrogen-bond acceptors (Lipinski definition) is 3. The van der Waals surface area contributed by atoms with Crippen molar-refractivity contribution in [1.82, 2.24) is 4.90 Å². The van der Waals surface area contributed by atoms with Gasteiger partial charge in [0.15, 0.2) is 0 Å². The number of carboxylic acid groups (broad SMARTS) is 1. The van der Waals surface area contributed by atoms with E-state index in [1.54, 1.807) is 4.90 Å². The number of aliphatic carboxylic acids is 1. The largest absolute Gasteiger partial charge is 0.481 e. The quantitative estimate of drug-likeness (QED) is 0.913. The lowest BCUT2D eigenvalue weighted by Gasteiger charge is -2.22. The van der Waals surface area contributed by atoms with Crippen LogP contribution in [0.15, 0.2) is 5.38 Å². The van der Waals surface area contributed by atoms with Crippen molar-refractivity contribution in [2.24, 2.45) is 5.92 Å². The molecule has 3 atom stereocenters. The van der Waals surface area contributed by atoms with Gasteiger partial charge in [-0.05, 0) is 37.1 Å². The molecule has 2 aliphatic rings. The Morgan fingerprint density at radius 1 is 1.47 bits per heavy atom. The summed E-state index contributed by atoms with van der Waals surface area (Å²) in [5.41, 5.74) is 0.899. The van der Waals surface area contributed by atoms with E-state index in [9.17, 15) is 14.7 Å². The number of thiophene rings is 1. The van der Waals surface area contributed by atoms with Crippen LogP contribution in [-0.4, -0.2) is 34.0 Å². The number of aryl methyl sites for hydroxylation is 1. The van der Waals surface area contributed by atoms with Crippen molar-refractivity contribution in [1.29, 1.82) is 0 Å². The average molecular weight is 300 g/mol. The Bertz CT molecular complexity index is 556. The standard InChI is InChI=1S/C13H14ClNO3S/c1-6-5-19-11(10(6)14)12(16)15-7-2-3-9(15)8(4-7)13(17)18/h5,7-9H,2-4H2,1H3,(H,17,18). The number of hydrogen-bond donors (Lipinski definition) is 1. The van der Waals surface area contributed by atoms with Crippen LogP contribution in [0.3, 0.4) is 0 Å². The number of carbonyl (C=O) groups is 2. The van der Waals surface area contributed by atoms with E-state index in [0.717, 1.165) is 18.4 Å². The van der Waals surface area contributed by atoms with E-state index in [2.05, 4.69) is 0 Å².